The monoisotopic (exact) mass is 238 g/mol. The minimum atomic E-state index is 0.502. The number of hydrogen-bond acceptors (Lipinski definition) is 1. The van der Waals surface area contributed by atoms with Gasteiger partial charge in [-0.15, -0.1) is 0 Å². The van der Waals surface area contributed by atoms with Crippen molar-refractivity contribution in [1.82, 2.24) is 9.78 Å². The Hall–Kier alpha value is -1.57. The van der Waals surface area contributed by atoms with E-state index in [0.29, 0.717) is 5.41 Å². The van der Waals surface area contributed by atoms with Gasteiger partial charge in [0.15, 0.2) is 0 Å². The first-order valence-corrected chi connectivity index (χ1v) is 6.74. The van der Waals surface area contributed by atoms with Gasteiger partial charge in [0.2, 0.25) is 0 Å². The van der Waals surface area contributed by atoms with Crippen LogP contribution in [-0.2, 0) is 6.42 Å². The molecule has 1 saturated carbocycles. The molecule has 18 heavy (non-hydrogen) atoms. The van der Waals surface area contributed by atoms with E-state index < -0.39 is 0 Å². The maximum Gasteiger partial charge on any atom is 0.0670 e. The average molecular weight is 238 g/mol. The van der Waals surface area contributed by atoms with Gasteiger partial charge in [0.25, 0.3) is 0 Å². The lowest BCUT2D eigenvalue weighted by Crippen LogP contribution is -2.00. The Kier molecular flexibility index (Phi) is 1.76. The Morgan fingerprint density at radius 1 is 1.22 bits per heavy atom. The summed E-state index contributed by atoms with van der Waals surface area (Å²) >= 11 is 0. The zero-order valence-electron chi connectivity index (χ0n) is 11.1. The van der Waals surface area contributed by atoms with Crippen LogP contribution in [0.25, 0.3) is 5.69 Å². The van der Waals surface area contributed by atoms with Gasteiger partial charge in [0, 0.05) is 11.3 Å². The third kappa shape index (κ3) is 1.11. The maximum atomic E-state index is 4.82. The Balaban J connectivity index is 1.84. The van der Waals surface area contributed by atoms with E-state index in [1.165, 1.54) is 29.1 Å². The number of benzene rings is 1. The fourth-order valence-corrected chi connectivity index (χ4v) is 3.85. The van der Waals surface area contributed by atoms with E-state index in [-0.39, 0.29) is 0 Å². The minimum Gasteiger partial charge on any atom is -0.238 e. The second-order valence-electron chi connectivity index (χ2n) is 6.30. The molecule has 2 unspecified atom stereocenters. The molecule has 0 spiro atoms. The first-order chi connectivity index (χ1) is 8.60. The quantitative estimate of drug-likeness (QED) is 0.743. The number of nitrogens with zero attached hydrogens (tertiary/aromatic N) is 2. The van der Waals surface area contributed by atoms with E-state index >= 15 is 0 Å². The van der Waals surface area contributed by atoms with Gasteiger partial charge in [0.1, 0.15) is 0 Å². The molecule has 0 amide bonds. The predicted octanol–water partition coefficient (Wildman–Crippen LogP) is 3.48. The lowest BCUT2D eigenvalue weighted by Gasteiger charge is -2.07. The average Bonchev–Trinajstić information content (AvgIpc) is 2.72. The zero-order valence-corrected chi connectivity index (χ0v) is 11.1. The summed E-state index contributed by atoms with van der Waals surface area (Å²) in [5, 5.41) is 4.82. The molecule has 2 aliphatic carbocycles. The van der Waals surface area contributed by atoms with Gasteiger partial charge in [-0.3, -0.25) is 0 Å². The highest BCUT2D eigenvalue weighted by Gasteiger charge is 2.63. The van der Waals surface area contributed by atoms with Gasteiger partial charge >= 0.3 is 0 Å². The molecule has 2 atom stereocenters. The van der Waals surface area contributed by atoms with Crippen LogP contribution in [0.2, 0.25) is 0 Å². The van der Waals surface area contributed by atoms with Crippen LogP contribution < -0.4 is 0 Å². The molecule has 0 aliphatic heterocycles. The lowest BCUT2D eigenvalue weighted by atomic mass is 9.98. The number of hydrogen-bond donors (Lipinski definition) is 0. The molecule has 0 radical (unpaired) electrons. The maximum absolute atomic E-state index is 4.82. The van der Waals surface area contributed by atoms with Gasteiger partial charge in [-0.1, -0.05) is 32.0 Å². The third-order valence-electron chi connectivity index (χ3n) is 5.01. The molecule has 0 bridgehead atoms. The normalized spacial score (nSPS) is 26.8. The van der Waals surface area contributed by atoms with Gasteiger partial charge in [-0.25, -0.2) is 4.68 Å². The molecule has 4 rings (SSSR count). The minimum absolute atomic E-state index is 0.502. The summed E-state index contributed by atoms with van der Waals surface area (Å²) in [6.07, 6.45) is 1.17. The molecule has 92 valence electrons. The van der Waals surface area contributed by atoms with Crippen molar-refractivity contribution in [3.63, 3.8) is 0 Å². The van der Waals surface area contributed by atoms with Gasteiger partial charge in [-0.2, -0.15) is 5.10 Å². The molecule has 2 heteroatoms. The highest BCUT2D eigenvalue weighted by atomic mass is 15.3. The van der Waals surface area contributed by atoms with Crippen LogP contribution in [0.5, 0.6) is 0 Å². The van der Waals surface area contributed by atoms with Crippen molar-refractivity contribution in [3.8, 4) is 5.69 Å². The van der Waals surface area contributed by atoms with Crippen LogP contribution in [0.4, 0.5) is 0 Å². The van der Waals surface area contributed by atoms with E-state index in [1.54, 1.807) is 0 Å². The van der Waals surface area contributed by atoms with Crippen LogP contribution >= 0.6 is 0 Å². The molecule has 0 saturated heterocycles. The van der Waals surface area contributed by atoms with Gasteiger partial charge in [0.05, 0.1) is 11.4 Å². The molecule has 2 nitrogen and oxygen atoms in total. The van der Waals surface area contributed by atoms with Crippen molar-refractivity contribution in [2.24, 2.45) is 11.3 Å². The summed E-state index contributed by atoms with van der Waals surface area (Å²) in [4.78, 5) is 0. The van der Waals surface area contributed by atoms with Crippen molar-refractivity contribution in [1.29, 1.82) is 0 Å². The summed E-state index contributed by atoms with van der Waals surface area (Å²) in [5.41, 5.74) is 5.90. The fraction of sp³-hybridized carbons (Fsp3) is 0.438. The summed E-state index contributed by atoms with van der Waals surface area (Å²) < 4.78 is 2.12. The highest BCUT2D eigenvalue weighted by Crippen LogP contribution is 2.70. The Morgan fingerprint density at radius 3 is 2.67 bits per heavy atom. The SMILES string of the molecule is Cc1c2c(nn1-c1ccccc1)CC1C2C1(C)C. The number of rotatable bonds is 1. The topological polar surface area (TPSA) is 17.8 Å². The van der Waals surface area contributed by atoms with Crippen molar-refractivity contribution >= 4 is 0 Å². The smallest absolute Gasteiger partial charge is 0.0670 e. The first kappa shape index (κ1) is 10.4. The molecular weight excluding hydrogens is 220 g/mol. The molecule has 1 aromatic heterocycles. The van der Waals surface area contributed by atoms with Crippen LogP contribution in [0.1, 0.15) is 36.7 Å². The fourth-order valence-electron chi connectivity index (χ4n) is 3.85. The molecule has 1 aromatic carbocycles. The molecule has 2 aromatic rings. The number of aromatic nitrogens is 2. The van der Waals surface area contributed by atoms with E-state index in [0.717, 1.165) is 11.8 Å². The number of para-hydroxylation sites is 1. The summed E-state index contributed by atoms with van der Waals surface area (Å²) in [6, 6.07) is 10.5. The van der Waals surface area contributed by atoms with Gasteiger partial charge < -0.3 is 0 Å². The lowest BCUT2D eigenvalue weighted by molar-refractivity contribution is 0.536. The number of fused-ring (bicyclic) bond motifs is 3. The standard InChI is InChI=1S/C16H18N2/c1-10-14-13(9-12-15(14)16(12,2)3)17-18(10)11-7-5-4-6-8-11/h4-8,12,15H,9H2,1-3H3. The van der Waals surface area contributed by atoms with Crippen molar-refractivity contribution in [3.05, 3.63) is 47.3 Å². The largest absolute Gasteiger partial charge is 0.238 e. The Bertz CT molecular complexity index is 622. The van der Waals surface area contributed by atoms with Crippen LogP contribution in [-0.4, -0.2) is 9.78 Å². The summed E-state index contributed by atoms with van der Waals surface area (Å²) in [6.45, 7) is 7.00. The third-order valence-corrected chi connectivity index (χ3v) is 5.01. The molecule has 1 fully saturated rings. The van der Waals surface area contributed by atoms with Gasteiger partial charge in [-0.05, 0) is 42.7 Å². The second kappa shape index (κ2) is 3.05. The van der Waals surface area contributed by atoms with Crippen LogP contribution in [0, 0.1) is 18.3 Å². The molecule has 1 heterocycles. The Labute approximate surface area is 108 Å². The van der Waals surface area contributed by atoms with Crippen molar-refractivity contribution in [2.75, 3.05) is 0 Å². The van der Waals surface area contributed by atoms with Crippen molar-refractivity contribution < 1.29 is 0 Å². The van der Waals surface area contributed by atoms with E-state index in [1.807, 2.05) is 0 Å². The summed E-state index contributed by atoms with van der Waals surface area (Å²) in [7, 11) is 0. The molecule has 2 aliphatic rings. The Morgan fingerprint density at radius 2 is 1.94 bits per heavy atom. The van der Waals surface area contributed by atoms with Crippen LogP contribution in [0.15, 0.2) is 30.3 Å². The van der Waals surface area contributed by atoms with E-state index in [2.05, 4.69) is 55.8 Å². The van der Waals surface area contributed by atoms with E-state index in [9.17, 15) is 0 Å². The van der Waals surface area contributed by atoms with Crippen molar-refractivity contribution in [2.45, 2.75) is 33.1 Å². The highest BCUT2D eigenvalue weighted by molar-refractivity contribution is 5.48. The second-order valence-corrected chi connectivity index (χ2v) is 6.30. The van der Waals surface area contributed by atoms with Crippen LogP contribution in [0.3, 0.4) is 0 Å². The summed E-state index contributed by atoms with van der Waals surface area (Å²) in [5.74, 6) is 1.60. The molecular formula is C16H18N2. The van der Waals surface area contributed by atoms with E-state index in [4.69, 9.17) is 5.10 Å². The zero-order chi connectivity index (χ0) is 12.5. The first-order valence-electron chi connectivity index (χ1n) is 6.74. The molecule has 0 N–H and O–H groups in total. The predicted molar refractivity (Wildman–Crippen MR) is 72.0 cm³/mol.